The van der Waals surface area contributed by atoms with E-state index in [0.29, 0.717) is 32.4 Å². The summed E-state index contributed by atoms with van der Waals surface area (Å²) in [5.41, 5.74) is -0.0871. The summed E-state index contributed by atoms with van der Waals surface area (Å²) in [5.74, 6) is -2.38. The largest absolute Gasteiger partial charge is 0.466 e. The number of fused-ring (bicyclic) bond motifs is 1. The number of nitrogens with zero attached hydrogens (tertiary/aromatic N) is 2. The second-order valence-corrected chi connectivity index (χ2v) is 8.91. The zero-order chi connectivity index (χ0) is 23.6. The molecule has 4 rings (SSSR count). The first kappa shape index (κ1) is 23.4. The quantitative estimate of drug-likeness (QED) is 0.424. The number of esters is 1. The van der Waals surface area contributed by atoms with E-state index < -0.39 is 35.6 Å². The lowest BCUT2D eigenvalue weighted by Crippen LogP contribution is -2.56. The average Bonchev–Trinajstić information content (AvgIpc) is 3.45. The molecule has 178 valence electrons. The van der Waals surface area contributed by atoms with Crippen LogP contribution < -0.4 is 0 Å². The van der Waals surface area contributed by atoms with Gasteiger partial charge in [0.15, 0.2) is 0 Å². The third-order valence-electron chi connectivity index (χ3n) is 7.03. The van der Waals surface area contributed by atoms with Gasteiger partial charge in [-0.25, -0.2) is 0 Å². The number of ether oxygens (including phenoxy) is 2. The Bertz CT molecular complexity index is 905. The molecule has 1 spiro atoms. The highest BCUT2D eigenvalue weighted by atomic mass is 16.6. The van der Waals surface area contributed by atoms with Gasteiger partial charge in [0.1, 0.15) is 11.6 Å². The van der Waals surface area contributed by atoms with Crippen LogP contribution in [0.5, 0.6) is 0 Å². The van der Waals surface area contributed by atoms with E-state index in [2.05, 4.69) is 6.58 Å². The molecule has 2 bridgehead atoms. The standard InChI is InChI=1S/C25H32N2O6/c1-3-13-26(16-17-9-6-5-7-10-17)23(30)21-25-12-11-18(33-25)19(24(31)32-4-2)20(25)22(29)27(21)14-8-15-28/h3,5-7,9-10,18-21,28H,1,4,8,11-16H2,2H3/t18-,19+,20+,21-,25+/m1/s1. The number of amides is 2. The van der Waals surface area contributed by atoms with Crippen LogP contribution in [0.3, 0.4) is 0 Å². The maximum atomic E-state index is 14.0. The molecule has 3 aliphatic heterocycles. The molecule has 0 unspecified atom stereocenters. The highest BCUT2D eigenvalue weighted by Crippen LogP contribution is 2.58. The second kappa shape index (κ2) is 9.65. The molecule has 3 aliphatic rings. The first-order valence-electron chi connectivity index (χ1n) is 11.7. The van der Waals surface area contributed by atoms with Crippen LogP contribution in [-0.4, -0.2) is 76.7 Å². The Labute approximate surface area is 194 Å². The highest BCUT2D eigenvalue weighted by molar-refractivity contribution is 5.98. The SMILES string of the molecule is C=CCN(Cc1ccccc1)C(=O)[C@H]1N(CCCO)C(=O)[C@@H]2[C@@H](C(=O)OCC)[C@H]3CC[C@]21O3. The van der Waals surface area contributed by atoms with Gasteiger partial charge in [-0.3, -0.25) is 14.4 Å². The van der Waals surface area contributed by atoms with E-state index in [0.717, 1.165) is 5.56 Å². The fourth-order valence-electron chi connectivity index (χ4n) is 5.79. The molecular weight excluding hydrogens is 424 g/mol. The highest BCUT2D eigenvalue weighted by Gasteiger charge is 2.74. The zero-order valence-electron chi connectivity index (χ0n) is 19.0. The Balaban J connectivity index is 1.69. The van der Waals surface area contributed by atoms with Crippen molar-refractivity contribution in [3.8, 4) is 0 Å². The predicted molar refractivity (Wildman–Crippen MR) is 120 cm³/mol. The summed E-state index contributed by atoms with van der Waals surface area (Å²) in [4.78, 5) is 43.6. The summed E-state index contributed by atoms with van der Waals surface area (Å²) >= 11 is 0. The number of aliphatic hydroxyl groups is 1. The molecule has 5 atom stereocenters. The molecule has 1 aromatic carbocycles. The van der Waals surface area contributed by atoms with Crippen molar-refractivity contribution < 1.29 is 29.0 Å². The molecule has 2 amide bonds. The number of aliphatic hydroxyl groups excluding tert-OH is 1. The molecular formula is C25H32N2O6. The molecule has 33 heavy (non-hydrogen) atoms. The van der Waals surface area contributed by atoms with Gasteiger partial charge in [-0.05, 0) is 31.7 Å². The average molecular weight is 457 g/mol. The van der Waals surface area contributed by atoms with Crippen molar-refractivity contribution in [2.75, 3.05) is 26.3 Å². The molecule has 1 aromatic rings. The molecule has 0 aromatic heterocycles. The summed E-state index contributed by atoms with van der Waals surface area (Å²) in [7, 11) is 0. The van der Waals surface area contributed by atoms with E-state index >= 15 is 0 Å². The van der Waals surface area contributed by atoms with Crippen molar-refractivity contribution in [2.45, 2.75) is 50.5 Å². The molecule has 0 radical (unpaired) electrons. The number of carbonyl (C=O) groups excluding carboxylic acids is 3. The van der Waals surface area contributed by atoms with Crippen LogP contribution in [-0.2, 0) is 30.4 Å². The van der Waals surface area contributed by atoms with Crippen LogP contribution in [0.2, 0.25) is 0 Å². The Hall–Kier alpha value is -2.71. The Morgan fingerprint density at radius 2 is 2.12 bits per heavy atom. The zero-order valence-corrected chi connectivity index (χ0v) is 19.0. The molecule has 3 fully saturated rings. The predicted octanol–water partition coefficient (Wildman–Crippen LogP) is 1.52. The van der Waals surface area contributed by atoms with E-state index in [1.54, 1.807) is 17.9 Å². The Morgan fingerprint density at radius 3 is 2.79 bits per heavy atom. The van der Waals surface area contributed by atoms with E-state index in [1.807, 2.05) is 30.3 Å². The Morgan fingerprint density at radius 1 is 1.36 bits per heavy atom. The minimum atomic E-state index is -1.05. The maximum Gasteiger partial charge on any atom is 0.312 e. The minimum Gasteiger partial charge on any atom is -0.466 e. The number of likely N-dealkylation sites (tertiary alicyclic amines) is 1. The van der Waals surface area contributed by atoms with Gasteiger partial charge in [0.2, 0.25) is 11.8 Å². The van der Waals surface area contributed by atoms with Crippen molar-refractivity contribution in [3.63, 3.8) is 0 Å². The van der Waals surface area contributed by atoms with Crippen LogP contribution in [0.15, 0.2) is 43.0 Å². The van der Waals surface area contributed by atoms with Crippen molar-refractivity contribution >= 4 is 17.8 Å². The van der Waals surface area contributed by atoms with Crippen molar-refractivity contribution in [2.24, 2.45) is 11.8 Å². The summed E-state index contributed by atoms with van der Waals surface area (Å²) < 4.78 is 11.6. The van der Waals surface area contributed by atoms with Crippen LogP contribution in [0, 0.1) is 11.8 Å². The summed E-state index contributed by atoms with van der Waals surface area (Å²) in [6, 6.07) is 8.79. The lowest BCUT2D eigenvalue weighted by atomic mass is 9.70. The van der Waals surface area contributed by atoms with Crippen molar-refractivity contribution in [1.82, 2.24) is 9.80 Å². The molecule has 0 saturated carbocycles. The lowest BCUT2D eigenvalue weighted by Gasteiger charge is -2.36. The molecule has 3 saturated heterocycles. The van der Waals surface area contributed by atoms with Gasteiger partial charge >= 0.3 is 5.97 Å². The van der Waals surface area contributed by atoms with E-state index in [9.17, 15) is 19.5 Å². The van der Waals surface area contributed by atoms with Gasteiger partial charge < -0.3 is 24.4 Å². The topological polar surface area (TPSA) is 96.4 Å². The first-order chi connectivity index (χ1) is 16.0. The third kappa shape index (κ3) is 3.95. The van der Waals surface area contributed by atoms with Gasteiger partial charge in [-0.15, -0.1) is 6.58 Å². The van der Waals surface area contributed by atoms with Crippen molar-refractivity contribution in [3.05, 3.63) is 48.6 Å². The van der Waals surface area contributed by atoms with E-state index in [1.165, 1.54) is 4.90 Å². The van der Waals surface area contributed by atoms with Crippen LogP contribution in [0.25, 0.3) is 0 Å². The number of carbonyl (C=O) groups is 3. The van der Waals surface area contributed by atoms with Crippen LogP contribution >= 0.6 is 0 Å². The van der Waals surface area contributed by atoms with Crippen LogP contribution in [0.4, 0.5) is 0 Å². The molecule has 3 heterocycles. The Kier molecular flexibility index (Phi) is 6.86. The van der Waals surface area contributed by atoms with Gasteiger partial charge in [-0.2, -0.15) is 0 Å². The van der Waals surface area contributed by atoms with Gasteiger partial charge in [0, 0.05) is 26.2 Å². The maximum absolute atomic E-state index is 14.0. The fourth-order valence-corrected chi connectivity index (χ4v) is 5.79. The summed E-state index contributed by atoms with van der Waals surface area (Å²) in [6.45, 7) is 6.56. The first-order valence-corrected chi connectivity index (χ1v) is 11.7. The van der Waals surface area contributed by atoms with Gasteiger partial charge in [0.05, 0.1) is 24.5 Å². The van der Waals surface area contributed by atoms with E-state index in [-0.39, 0.29) is 31.6 Å². The summed E-state index contributed by atoms with van der Waals surface area (Å²) in [5, 5.41) is 9.42. The molecule has 8 heteroatoms. The number of rotatable bonds is 10. The van der Waals surface area contributed by atoms with Crippen molar-refractivity contribution in [1.29, 1.82) is 0 Å². The number of hydrogen-bond donors (Lipinski definition) is 1. The summed E-state index contributed by atoms with van der Waals surface area (Å²) in [6.07, 6.45) is 2.72. The molecule has 1 N–H and O–H groups in total. The van der Waals surface area contributed by atoms with Gasteiger partial charge in [0.25, 0.3) is 0 Å². The fraction of sp³-hybridized carbons (Fsp3) is 0.560. The molecule has 8 nitrogen and oxygen atoms in total. The monoisotopic (exact) mass is 456 g/mol. The van der Waals surface area contributed by atoms with Crippen LogP contribution in [0.1, 0.15) is 31.7 Å². The lowest BCUT2D eigenvalue weighted by molar-refractivity contribution is -0.155. The van der Waals surface area contributed by atoms with Gasteiger partial charge in [-0.1, -0.05) is 36.4 Å². The minimum absolute atomic E-state index is 0.104. The smallest absolute Gasteiger partial charge is 0.312 e. The number of hydrogen-bond acceptors (Lipinski definition) is 6. The normalized spacial score (nSPS) is 29.8. The third-order valence-corrected chi connectivity index (χ3v) is 7.03. The van der Waals surface area contributed by atoms with E-state index in [4.69, 9.17) is 9.47 Å². The second-order valence-electron chi connectivity index (χ2n) is 8.91. The number of benzene rings is 1. The molecule has 0 aliphatic carbocycles.